The molecule has 0 aliphatic heterocycles. The van der Waals surface area contributed by atoms with E-state index in [1.54, 1.807) is 18.3 Å². The normalized spacial score (nSPS) is 10.3. The van der Waals surface area contributed by atoms with E-state index in [0.717, 1.165) is 4.88 Å². The first-order chi connectivity index (χ1) is 7.27. The van der Waals surface area contributed by atoms with Gasteiger partial charge in [0.25, 0.3) is 0 Å². The molecule has 1 aromatic heterocycles. The number of hydrogen-bond acceptors (Lipinski definition) is 3. The van der Waals surface area contributed by atoms with Gasteiger partial charge < -0.3 is 4.74 Å². The molecule has 0 spiro atoms. The predicted octanol–water partition coefficient (Wildman–Crippen LogP) is 3.51. The summed E-state index contributed by atoms with van der Waals surface area (Å²) in [6, 6.07) is 6.50. The van der Waals surface area contributed by atoms with Gasteiger partial charge in [-0.1, -0.05) is 17.7 Å². The summed E-state index contributed by atoms with van der Waals surface area (Å²) >= 11 is 6.93. The van der Waals surface area contributed by atoms with Crippen molar-refractivity contribution >= 4 is 23.1 Å². The van der Waals surface area contributed by atoms with Gasteiger partial charge in [-0.3, -0.25) is 0 Å². The Balaban J connectivity index is 2.08. The van der Waals surface area contributed by atoms with Crippen molar-refractivity contribution in [2.75, 3.05) is 0 Å². The lowest BCUT2D eigenvalue weighted by atomic mass is 10.3. The number of aromatic nitrogens is 1. The highest BCUT2D eigenvalue weighted by Gasteiger charge is 2.07. The van der Waals surface area contributed by atoms with Gasteiger partial charge in [-0.05, 0) is 29.7 Å². The predicted molar refractivity (Wildman–Crippen MR) is 57.9 cm³/mol. The zero-order chi connectivity index (χ0) is 10.7. The molecular weight excluding hydrogens is 237 g/mol. The topological polar surface area (TPSA) is 22.1 Å². The van der Waals surface area contributed by atoms with Crippen LogP contribution >= 0.6 is 23.1 Å². The summed E-state index contributed by atoms with van der Waals surface area (Å²) in [6.07, 6.45) is 1.68. The third-order valence-corrected chi connectivity index (χ3v) is 2.78. The fraction of sp³-hybridized carbons (Fsp3) is 0.100. The largest absolute Gasteiger partial charge is 0.485 e. The Bertz CT molecular complexity index is 447. The van der Waals surface area contributed by atoms with Crippen LogP contribution in [0, 0.1) is 5.82 Å². The van der Waals surface area contributed by atoms with Gasteiger partial charge in [0.2, 0.25) is 0 Å². The van der Waals surface area contributed by atoms with Crippen molar-refractivity contribution in [3.05, 3.63) is 46.2 Å². The first kappa shape index (κ1) is 10.4. The first-order valence-electron chi connectivity index (χ1n) is 4.24. The summed E-state index contributed by atoms with van der Waals surface area (Å²) in [5.74, 6) is -0.361. The zero-order valence-electron chi connectivity index (χ0n) is 7.61. The fourth-order valence-electron chi connectivity index (χ4n) is 1.06. The van der Waals surface area contributed by atoms with Crippen molar-refractivity contribution in [1.82, 2.24) is 4.37 Å². The summed E-state index contributed by atoms with van der Waals surface area (Å²) in [4.78, 5) is 0.939. The Kier molecular flexibility index (Phi) is 3.18. The molecule has 2 rings (SSSR count). The summed E-state index contributed by atoms with van der Waals surface area (Å²) in [7, 11) is 0. The van der Waals surface area contributed by atoms with Gasteiger partial charge in [0.1, 0.15) is 6.61 Å². The highest BCUT2D eigenvalue weighted by molar-refractivity contribution is 7.05. The minimum atomic E-state index is -0.524. The molecule has 0 unspecified atom stereocenters. The van der Waals surface area contributed by atoms with Crippen LogP contribution in [-0.2, 0) is 6.61 Å². The molecule has 0 aliphatic carbocycles. The van der Waals surface area contributed by atoms with E-state index < -0.39 is 5.82 Å². The summed E-state index contributed by atoms with van der Waals surface area (Å²) in [5, 5.41) is 0.0665. The molecule has 78 valence electrons. The SMILES string of the molecule is Fc1c(Cl)cccc1OCc1ccns1. The van der Waals surface area contributed by atoms with Crippen molar-refractivity contribution in [2.24, 2.45) is 0 Å². The maximum Gasteiger partial charge on any atom is 0.183 e. The number of ether oxygens (including phenoxy) is 1. The molecule has 0 saturated heterocycles. The molecule has 1 heterocycles. The van der Waals surface area contributed by atoms with E-state index in [9.17, 15) is 4.39 Å². The van der Waals surface area contributed by atoms with Crippen molar-refractivity contribution in [1.29, 1.82) is 0 Å². The Hall–Kier alpha value is -1.13. The second-order valence-corrected chi connectivity index (χ2v) is 4.14. The lowest BCUT2D eigenvalue weighted by molar-refractivity contribution is 0.293. The number of nitrogens with zero attached hydrogens (tertiary/aromatic N) is 1. The van der Waals surface area contributed by atoms with Crippen LogP contribution in [0.15, 0.2) is 30.5 Å². The van der Waals surface area contributed by atoms with Crippen LogP contribution in [0.3, 0.4) is 0 Å². The number of rotatable bonds is 3. The molecule has 0 bridgehead atoms. The average Bonchev–Trinajstić information content (AvgIpc) is 2.73. The van der Waals surface area contributed by atoms with Crippen LogP contribution < -0.4 is 4.74 Å². The van der Waals surface area contributed by atoms with E-state index >= 15 is 0 Å². The second-order valence-electron chi connectivity index (χ2n) is 2.82. The highest BCUT2D eigenvalue weighted by Crippen LogP contribution is 2.24. The molecule has 1 aromatic carbocycles. The number of hydrogen-bond donors (Lipinski definition) is 0. The lowest BCUT2D eigenvalue weighted by Crippen LogP contribution is -1.95. The van der Waals surface area contributed by atoms with Gasteiger partial charge in [-0.25, -0.2) is 8.76 Å². The lowest BCUT2D eigenvalue weighted by Gasteiger charge is -2.05. The molecule has 0 aliphatic rings. The van der Waals surface area contributed by atoms with Gasteiger partial charge in [-0.2, -0.15) is 0 Å². The third-order valence-electron chi connectivity index (χ3n) is 1.78. The Morgan fingerprint density at radius 1 is 1.40 bits per heavy atom. The monoisotopic (exact) mass is 243 g/mol. The molecule has 0 N–H and O–H groups in total. The molecule has 0 radical (unpaired) electrons. The van der Waals surface area contributed by atoms with E-state index in [0.29, 0.717) is 6.61 Å². The Labute approximate surface area is 95.4 Å². The highest BCUT2D eigenvalue weighted by atomic mass is 35.5. The number of benzene rings is 1. The first-order valence-corrected chi connectivity index (χ1v) is 5.39. The van der Waals surface area contributed by atoms with Crippen LogP contribution in [0.4, 0.5) is 4.39 Å². The van der Waals surface area contributed by atoms with E-state index in [1.807, 2.05) is 6.07 Å². The van der Waals surface area contributed by atoms with Crippen molar-refractivity contribution < 1.29 is 9.13 Å². The smallest absolute Gasteiger partial charge is 0.183 e. The molecule has 5 heteroatoms. The van der Waals surface area contributed by atoms with Crippen molar-refractivity contribution in [2.45, 2.75) is 6.61 Å². The molecule has 0 atom stereocenters. The van der Waals surface area contributed by atoms with Gasteiger partial charge in [-0.15, -0.1) is 0 Å². The van der Waals surface area contributed by atoms with Gasteiger partial charge in [0.15, 0.2) is 11.6 Å². The minimum absolute atomic E-state index is 0.0665. The van der Waals surface area contributed by atoms with Crippen LogP contribution in [-0.4, -0.2) is 4.37 Å². The molecule has 15 heavy (non-hydrogen) atoms. The van der Waals surface area contributed by atoms with Crippen LogP contribution in [0.2, 0.25) is 5.02 Å². The van der Waals surface area contributed by atoms with Gasteiger partial charge in [0.05, 0.1) is 9.90 Å². The minimum Gasteiger partial charge on any atom is -0.485 e. The maximum atomic E-state index is 13.4. The van der Waals surface area contributed by atoms with E-state index in [1.165, 1.54) is 17.6 Å². The molecule has 2 aromatic rings. The van der Waals surface area contributed by atoms with Gasteiger partial charge >= 0.3 is 0 Å². The summed E-state index contributed by atoms with van der Waals surface area (Å²) in [6.45, 7) is 0.307. The Morgan fingerprint density at radius 3 is 3.00 bits per heavy atom. The van der Waals surface area contributed by atoms with E-state index in [2.05, 4.69) is 4.37 Å². The molecular formula is C10H7ClFNOS. The van der Waals surface area contributed by atoms with Gasteiger partial charge in [0, 0.05) is 6.20 Å². The van der Waals surface area contributed by atoms with Crippen LogP contribution in [0.5, 0.6) is 5.75 Å². The van der Waals surface area contributed by atoms with E-state index in [4.69, 9.17) is 16.3 Å². The van der Waals surface area contributed by atoms with Crippen molar-refractivity contribution in [3.8, 4) is 5.75 Å². The Morgan fingerprint density at radius 2 is 2.27 bits per heavy atom. The maximum absolute atomic E-state index is 13.4. The quantitative estimate of drug-likeness (QED) is 0.823. The second kappa shape index (κ2) is 4.59. The zero-order valence-corrected chi connectivity index (χ0v) is 9.19. The van der Waals surface area contributed by atoms with Crippen LogP contribution in [0.25, 0.3) is 0 Å². The standard InChI is InChI=1S/C10H7ClFNOS/c11-8-2-1-3-9(10(8)12)14-6-7-4-5-13-15-7/h1-5H,6H2. The summed E-state index contributed by atoms with van der Waals surface area (Å²) < 4.78 is 22.6. The van der Waals surface area contributed by atoms with E-state index in [-0.39, 0.29) is 10.8 Å². The molecule has 0 amide bonds. The molecule has 0 saturated carbocycles. The molecule has 0 fully saturated rings. The number of halogens is 2. The van der Waals surface area contributed by atoms with Crippen molar-refractivity contribution in [3.63, 3.8) is 0 Å². The fourth-order valence-corrected chi connectivity index (χ4v) is 1.72. The molecule has 2 nitrogen and oxygen atoms in total. The summed E-state index contributed by atoms with van der Waals surface area (Å²) in [5.41, 5.74) is 0. The average molecular weight is 244 g/mol. The van der Waals surface area contributed by atoms with Crippen LogP contribution in [0.1, 0.15) is 4.88 Å². The third kappa shape index (κ3) is 2.46.